The van der Waals surface area contributed by atoms with Gasteiger partial charge in [-0.2, -0.15) is 0 Å². The Bertz CT molecular complexity index is 1170. The van der Waals surface area contributed by atoms with Crippen molar-refractivity contribution < 1.29 is 13.9 Å². The van der Waals surface area contributed by atoms with Gasteiger partial charge in [0.25, 0.3) is 0 Å². The molecule has 6 nitrogen and oxygen atoms in total. The van der Waals surface area contributed by atoms with Gasteiger partial charge in [-0.3, -0.25) is 4.98 Å². The summed E-state index contributed by atoms with van der Waals surface area (Å²) < 4.78 is 24.7. The quantitative estimate of drug-likeness (QED) is 0.408. The first-order chi connectivity index (χ1) is 15.2. The summed E-state index contributed by atoms with van der Waals surface area (Å²) in [5, 5.41) is 3.98. The third-order valence-corrected chi connectivity index (χ3v) is 4.85. The summed E-state index contributed by atoms with van der Waals surface area (Å²) in [6.07, 6.45) is 4.19. The van der Waals surface area contributed by atoms with Crippen molar-refractivity contribution in [1.29, 1.82) is 0 Å². The van der Waals surface area contributed by atoms with Crippen LogP contribution in [0.1, 0.15) is 6.42 Å². The molecule has 0 radical (unpaired) electrons. The minimum absolute atomic E-state index is 0.277. The zero-order valence-corrected chi connectivity index (χ0v) is 17.4. The molecule has 158 valence electrons. The summed E-state index contributed by atoms with van der Waals surface area (Å²) >= 11 is 0. The fourth-order valence-electron chi connectivity index (χ4n) is 3.32. The molecule has 0 unspecified atom stereocenters. The van der Waals surface area contributed by atoms with Crippen LogP contribution in [0.4, 0.5) is 10.2 Å². The molecule has 0 aliphatic heterocycles. The van der Waals surface area contributed by atoms with Crippen molar-refractivity contribution in [3.63, 3.8) is 0 Å². The highest BCUT2D eigenvalue weighted by Gasteiger charge is 2.15. The number of methoxy groups -OCH3 is 1. The summed E-state index contributed by atoms with van der Waals surface area (Å²) in [4.78, 5) is 13.7. The zero-order chi connectivity index (χ0) is 21.6. The minimum atomic E-state index is -0.277. The van der Waals surface area contributed by atoms with Gasteiger partial charge in [0.15, 0.2) is 5.82 Å². The highest BCUT2D eigenvalue weighted by Crippen LogP contribution is 2.36. The number of hydrogen-bond donors (Lipinski definition) is 1. The topological polar surface area (TPSA) is 69.2 Å². The van der Waals surface area contributed by atoms with Gasteiger partial charge in [0.05, 0.1) is 6.61 Å². The maximum atomic E-state index is 13.4. The van der Waals surface area contributed by atoms with E-state index < -0.39 is 0 Å². The van der Waals surface area contributed by atoms with Crippen LogP contribution in [0.3, 0.4) is 0 Å². The van der Waals surface area contributed by atoms with Crippen LogP contribution >= 0.6 is 0 Å². The van der Waals surface area contributed by atoms with Crippen molar-refractivity contribution in [2.75, 3.05) is 32.7 Å². The number of fused-ring (bicyclic) bond motifs is 1. The molecule has 0 spiro atoms. The van der Waals surface area contributed by atoms with Crippen LogP contribution in [0.5, 0.6) is 5.75 Å². The van der Waals surface area contributed by atoms with Crippen LogP contribution in [0, 0.1) is 5.82 Å². The van der Waals surface area contributed by atoms with E-state index in [2.05, 4.69) is 10.3 Å². The van der Waals surface area contributed by atoms with E-state index in [0.29, 0.717) is 36.1 Å². The van der Waals surface area contributed by atoms with E-state index in [-0.39, 0.29) is 5.82 Å². The van der Waals surface area contributed by atoms with Crippen LogP contribution in [-0.4, -0.2) is 42.3 Å². The highest BCUT2D eigenvalue weighted by molar-refractivity contribution is 5.97. The molecule has 0 aliphatic rings. The lowest BCUT2D eigenvalue weighted by Gasteiger charge is -2.15. The smallest absolute Gasteiger partial charge is 0.163 e. The Morgan fingerprint density at radius 3 is 2.52 bits per heavy atom. The molecule has 0 saturated heterocycles. The van der Waals surface area contributed by atoms with Gasteiger partial charge in [0.2, 0.25) is 0 Å². The molecule has 2 heterocycles. The Kier molecular flexibility index (Phi) is 6.33. The predicted octanol–water partition coefficient (Wildman–Crippen LogP) is 4.95. The second kappa shape index (κ2) is 9.49. The number of nitrogens with zero attached hydrogens (tertiary/aromatic N) is 3. The van der Waals surface area contributed by atoms with Crippen LogP contribution in [-0.2, 0) is 4.74 Å². The second-order valence-electron chi connectivity index (χ2n) is 6.96. The molecule has 0 amide bonds. The van der Waals surface area contributed by atoms with E-state index in [0.717, 1.165) is 28.5 Å². The average Bonchev–Trinajstić information content (AvgIpc) is 2.82. The number of pyridine rings is 1. The first-order valence-corrected chi connectivity index (χ1v) is 10.0. The molecule has 0 fully saturated rings. The number of nitrogens with one attached hydrogen (secondary N) is 1. The van der Waals surface area contributed by atoms with E-state index in [1.54, 1.807) is 31.6 Å². The molecule has 4 aromatic rings. The molecule has 2 aromatic heterocycles. The van der Waals surface area contributed by atoms with Gasteiger partial charge in [-0.15, -0.1) is 0 Å². The number of rotatable bonds is 8. The lowest BCUT2D eigenvalue weighted by atomic mass is 10.0. The monoisotopic (exact) mass is 418 g/mol. The van der Waals surface area contributed by atoms with Crippen LogP contribution in [0.25, 0.3) is 33.4 Å². The Morgan fingerprint density at radius 1 is 0.968 bits per heavy atom. The summed E-state index contributed by atoms with van der Waals surface area (Å²) in [6.45, 7) is 1.09. The summed E-state index contributed by atoms with van der Waals surface area (Å²) in [7, 11) is 3.48. The number of hydrogen-bond acceptors (Lipinski definition) is 6. The molecule has 0 aliphatic carbocycles. The van der Waals surface area contributed by atoms with Crippen molar-refractivity contribution >= 4 is 16.7 Å². The number of benzene rings is 2. The molecule has 4 rings (SSSR count). The SMILES string of the molecule is CNc1nc(-c2cccnc2)nc2c(OCCCOC)cc(-c3ccc(F)cc3)cc12. The molecular weight excluding hydrogens is 395 g/mol. The molecule has 1 N–H and O–H groups in total. The van der Waals surface area contributed by atoms with Crippen LogP contribution < -0.4 is 10.1 Å². The summed E-state index contributed by atoms with van der Waals surface area (Å²) in [6, 6.07) is 14.1. The van der Waals surface area contributed by atoms with E-state index in [1.807, 2.05) is 31.3 Å². The lowest BCUT2D eigenvalue weighted by Crippen LogP contribution is -2.04. The van der Waals surface area contributed by atoms with Crippen molar-refractivity contribution in [3.05, 3.63) is 66.7 Å². The van der Waals surface area contributed by atoms with Gasteiger partial charge < -0.3 is 14.8 Å². The van der Waals surface area contributed by atoms with Crippen molar-refractivity contribution in [2.45, 2.75) is 6.42 Å². The molecule has 0 atom stereocenters. The lowest BCUT2D eigenvalue weighted by molar-refractivity contribution is 0.172. The Balaban J connectivity index is 1.87. The van der Waals surface area contributed by atoms with Gasteiger partial charge in [-0.05, 0) is 47.5 Å². The third-order valence-electron chi connectivity index (χ3n) is 4.85. The standard InChI is InChI=1S/C24H23FN4O2/c1-26-24-20-13-18(16-6-8-19(25)9-7-16)14-21(31-12-4-11-30-2)22(20)28-23(29-24)17-5-3-10-27-15-17/h3,5-10,13-15H,4,11-12H2,1-2H3,(H,26,28,29). The second-order valence-corrected chi connectivity index (χ2v) is 6.96. The molecule has 7 heteroatoms. The van der Waals surface area contributed by atoms with E-state index in [4.69, 9.17) is 19.4 Å². The highest BCUT2D eigenvalue weighted by atomic mass is 19.1. The fraction of sp³-hybridized carbons (Fsp3) is 0.208. The van der Waals surface area contributed by atoms with Crippen LogP contribution in [0.15, 0.2) is 60.9 Å². The molecular formula is C24H23FN4O2. The normalized spacial score (nSPS) is 10.9. The number of aromatic nitrogens is 3. The Morgan fingerprint density at radius 2 is 1.81 bits per heavy atom. The molecule has 2 aromatic carbocycles. The largest absolute Gasteiger partial charge is 0.491 e. The molecule has 0 saturated carbocycles. The maximum Gasteiger partial charge on any atom is 0.163 e. The summed E-state index contributed by atoms with van der Waals surface area (Å²) in [5.41, 5.74) is 3.28. The Hall–Kier alpha value is -3.58. The summed E-state index contributed by atoms with van der Waals surface area (Å²) in [5.74, 6) is 1.59. The number of ether oxygens (including phenoxy) is 2. The van der Waals surface area contributed by atoms with Gasteiger partial charge in [0, 0.05) is 50.5 Å². The number of anilines is 1. The predicted molar refractivity (Wildman–Crippen MR) is 120 cm³/mol. The fourth-order valence-corrected chi connectivity index (χ4v) is 3.32. The first-order valence-electron chi connectivity index (χ1n) is 10.0. The first kappa shape index (κ1) is 20.7. The Labute approximate surface area is 180 Å². The van der Waals surface area contributed by atoms with Crippen molar-refractivity contribution in [2.24, 2.45) is 0 Å². The van der Waals surface area contributed by atoms with Gasteiger partial charge >= 0.3 is 0 Å². The van der Waals surface area contributed by atoms with Crippen molar-refractivity contribution in [1.82, 2.24) is 15.0 Å². The van der Waals surface area contributed by atoms with Gasteiger partial charge in [-0.25, -0.2) is 14.4 Å². The van der Waals surface area contributed by atoms with Crippen LogP contribution in [0.2, 0.25) is 0 Å². The van der Waals surface area contributed by atoms with Gasteiger partial charge in [0.1, 0.15) is 22.9 Å². The minimum Gasteiger partial charge on any atom is -0.491 e. The van der Waals surface area contributed by atoms with E-state index >= 15 is 0 Å². The average molecular weight is 418 g/mol. The van der Waals surface area contributed by atoms with Gasteiger partial charge in [-0.1, -0.05) is 12.1 Å². The van der Waals surface area contributed by atoms with E-state index in [9.17, 15) is 4.39 Å². The zero-order valence-electron chi connectivity index (χ0n) is 17.4. The number of halogens is 1. The molecule has 31 heavy (non-hydrogen) atoms. The maximum absolute atomic E-state index is 13.4. The van der Waals surface area contributed by atoms with Crippen molar-refractivity contribution in [3.8, 4) is 28.3 Å². The third kappa shape index (κ3) is 4.62. The van der Waals surface area contributed by atoms with E-state index in [1.165, 1.54) is 12.1 Å². The molecule has 0 bridgehead atoms.